The number of nitrogens with two attached hydrogens (primary N) is 1. The maximum Gasteiger partial charge on any atom is 0.312 e. The van der Waals surface area contributed by atoms with E-state index in [0.717, 1.165) is 5.56 Å². The second-order valence-corrected chi connectivity index (χ2v) is 11.6. The molecule has 10 nitrogen and oxygen atoms in total. The molecule has 1 heterocycles. The van der Waals surface area contributed by atoms with Gasteiger partial charge in [-0.05, 0) is 49.9 Å². The van der Waals surface area contributed by atoms with Crippen LogP contribution in [0.15, 0.2) is 35.5 Å². The van der Waals surface area contributed by atoms with Gasteiger partial charge in [0.15, 0.2) is 9.84 Å². The Morgan fingerprint density at radius 1 is 1.38 bits per heavy atom. The molecule has 34 heavy (non-hydrogen) atoms. The Bertz CT molecular complexity index is 1340. The third-order valence-electron chi connectivity index (χ3n) is 7.16. The number of carbonyl (C=O) groups is 2. The molecule has 3 N–H and O–H groups in total. The van der Waals surface area contributed by atoms with Crippen LogP contribution in [0, 0.1) is 35.0 Å². The van der Waals surface area contributed by atoms with E-state index in [2.05, 4.69) is 5.10 Å². The summed E-state index contributed by atoms with van der Waals surface area (Å²) in [6.45, 7) is 1.87. The molecule has 2 saturated carbocycles. The number of sulfone groups is 1. The highest BCUT2D eigenvalue weighted by Gasteiger charge is 2.75. The van der Waals surface area contributed by atoms with Crippen LogP contribution >= 0.6 is 11.6 Å². The van der Waals surface area contributed by atoms with Crippen molar-refractivity contribution < 1.29 is 27.9 Å². The molecule has 4 rings (SSSR count). The number of nitriles is 1. The second kappa shape index (κ2) is 8.08. The van der Waals surface area contributed by atoms with E-state index in [4.69, 9.17) is 22.1 Å². The molecule has 2 aliphatic carbocycles. The fourth-order valence-corrected chi connectivity index (χ4v) is 7.62. The van der Waals surface area contributed by atoms with Crippen molar-refractivity contribution in [3.8, 4) is 11.8 Å². The molecule has 12 heteroatoms. The minimum atomic E-state index is -4.08. The first-order chi connectivity index (χ1) is 15.9. The average molecular weight is 507 g/mol. The number of rotatable bonds is 7. The Labute approximate surface area is 201 Å². The molecule has 0 spiro atoms. The zero-order chi connectivity index (χ0) is 25.1. The molecule has 0 radical (unpaired) electrons. The third-order valence-corrected chi connectivity index (χ3v) is 9.79. The SMILES string of the molecule is CO[C@@H]1C[C@H](S(=O)(=O)c2ccc(-n3cc(C)cn3)cc2Cl)C[C@@]1(C(=O)O)C1CC1(C#N)C(N)=O. The Morgan fingerprint density at radius 2 is 2.09 bits per heavy atom. The highest BCUT2D eigenvalue weighted by molar-refractivity contribution is 7.92. The first kappa shape index (κ1) is 24.2. The summed E-state index contributed by atoms with van der Waals surface area (Å²) >= 11 is 6.37. The lowest BCUT2D eigenvalue weighted by Crippen LogP contribution is -2.44. The number of methoxy groups -OCH3 is 1. The quantitative estimate of drug-likeness (QED) is 0.574. The van der Waals surface area contributed by atoms with E-state index in [9.17, 15) is 28.4 Å². The van der Waals surface area contributed by atoms with Crippen molar-refractivity contribution in [2.75, 3.05) is 7.11 Å². The lowest BCUT2D eigenvalue weighted by molar-refractivity contribution is -0.159. The van der Waals surface area contributed by atoms with Gasteiger partial charge in [0.05, 0.1) is 39.2 Å². The van der Waals surface area contributed by atoms with Crippen molar-refractivity contribution in [1.82, 2.24) is 9.78 Å². The first-order valence-corrected chi connectivity index (χ1v) is 12.4. The number of carboxylic acid groups (broad SMARTS) is 1. The van der Waals surface area contributed by atoms with Crippen LogP contribution in [0.2, 0.25) is 5.02 Å². The Balaban J connectivity index is 1.71. The van der Waals surface area contributed by atoms with Crippen molar-refractivity contribution in [2.45, 2.75) is 42.4 Å². The summed E-state index contributed by atoms with van der Waals surface area (Å²) in [5.74, 6) is -3.20. The van der Waals surface area contributed by atoms with Crippen molar-refractivity contribution in [3.05, 3.63) is 41.2 Å². The van der Waals surface area contributed by atoms with Crippen LogP contribution in [0.25, 0.3) is 5.69 Å². The van der Waals surface area contributed by atoms with E-state index in [-0.39, 0.29) is 29.2 Å². The number of nitrogens with zero attached hydrogens (tertiary/aromatic N) is 3. The molecule has 0 bridgehead atoms. The number of aryl methyl sites for hydroxylation is 1. The molecule has 180 valence electrons. The van der Waals surface area contributed by atoms with Crippen molar-refractivity contribution in [2.24, 2.45) is 22.5 Å². The van der Waals surface area contributed by atoms with Crippen LogP contribution in [0.1, 0.15) is 24.8 Å². The fourth-order valence-electron chi connectivity index (χ4n) is 5.26. The van der Waals surface area contributed by atoms with Gasteiger partial charge in [-0.2, -0.15) is 10.4 Å². The van der Waals surface area contributed by atoms with Gasteiger partial charge in [0.1, 0.15) is 10.8 Å². The summed E-state index contributed by atoms with van der Waals surface area (Å²) in [4.78, 5) is 24.3. The molecule has 2 aliphatic rings. The lowest BCUT2D eigenvalue weighted by atomic mass is 9.75. The maximum atomic E-state index is 13.6. The average Bonchev–Trinajstić information content (AvgIpc) is 3.16. The van der Waals surface area contributed by atoms with Crippen molar-refractivity contribution in [1.29, 1.82) is 5.26 Å². The Hall–Kier alpha value is -2.94. The molecule has 2 aromatic rings. The smallest absolute Gasteiger partial charge is 0.312 e. The van der Waals surface area contributed by atoms with Crippen LogP contribution in [-0.4, -0.2) is 53.6 Å². The van der Waals surface area contributed by atoms with Gasteiger partial charge in [0.2, 0.25) is 5.91 Å². The number of carboxylic acids is 1. The lowest BCUT2D eigenvalue weighted by Gasteiger charge is -2.31. The predicted octanol–water partition coefficient (Wildman–Crippen LogP) is 1.87. The minimum Gasteiger partial charge on any atom is -0.481 e. The molecular formula is C22H23ClN4O6S. The van der Waals surface area contributed by atoms with Gasteiger partial charge in [-0.1, -0.05) is 11.6 Å². The summed E-state index contributed by atoms with van der Waals surface area (Å²) in [7, 11) is -2.80. The third kappa shape index (κ3) is 3.40. The number of primary amides is 1. The van der Waals surface area contributed by atoms with Crippen LogP contribution in [0.5, 0.6) is 0 Å². The van der Waals surface area contributed by atoms with E-state index < -0.39 is 49.8 Å². The molecular weight excluding hydrogens is 484 g/mol. The predicted molar refractivity (Wildman–Crippen MR) is 120 cm³/mol. The van der Waals surface area contributed by atoms with Crippen LogP contribution in [0.4, 0.5) is 0 Å². The highest BCUT2D eigenvalue weighted by Crippen LogP contribution is 2.66. The number of aliphatic carboxylic acids is 1. The number of amides is 1. The normalized spacial score (nSPS) is 30.6. The standard InChI is InChI=1S/C22H23ClN4O6S/c1-12-9-26-27(10-12)13-3-4-16(15(23)5-13)34(31,32)14-6-18(33-2)22(7-14,20(29)30)17-8-21(17,11-24)19(25)28/h3-5,9-10,14,17-18H,6-8H2,1-2H3,(H2,25,28)(H,29,30)/t14-,17?,18+,21?,22+/m0/s1. The summed E-state index contributed by atoms with van der Waals surface area (Å²) < 4.78 is 34.1. The van der Waals surface area contributed by atoms with Gasteiger partial charge >= 0.3 is 5.97 Å². The topological polar surface area (TPSA) is 165 Å². The number of hydrogen-bond acceptors (Lipinski definition) is 7. The number of halogens is 1. The summed E-state index contributed by atoms with van der Waals surface area (Å²) in [6.07, 6.45) is 1.86. The van der Waals surface area contributed by atoms with Gasteiger partial charge in [-0.3, -0.25) is 9.59 Å². The van der Waals surface area contributed by atoms with Crippen LogP contribution < -0.4 is 5.73 Å². The van der Waals surface area contributed by atoms with E-state index in [1.807, 2.05) is 13.0 Å². The van der Waals surface area contributed by atoms with Gasteiger partial charge in [-0.15, -0.1) is 0 Å². The Morgan fingerprint density at radius 3 is 2.56 bits per heavy atom. The number of benzene rings is 1. The molecule has 5 atom stereocenters. The molecule has 1 aromatic carbocycles. The monoisotopic (exact) mass is 506 g/mol. The van der Waals surface area contributed by atoms with Gasteiger partial charge in [-0.25, -0.2) is 13.1 Å². The van der Waals surface area contributed by atoms with E-state index in [1.54, 1.807) is 23.1 Å². The van der Waals surface area contributed by atoms with E-state index in [0.29, 0.717) is 5.69 Å². The van der Waals surface area contributed by atoms with Gasteiger partial charge in [0.25, 0.3) is 0 Å². The fraction of sp³-hybridized carbons (Fsp3) is 0.455. The second-order valence-electron chi connectivity index (χ2n) is 8.96. The summed E-state index contributed by atoms with van der Waals surface area (Å²) in [5, 5.41) is 22.7. The summed E-state index contributed by atoms with van der Waals surface area (Å²) in [5.41, 5.74) is 3.47. The Kier molecular flexibility index (Phi) is 5.75. The number of aromatic nitrogens is 2. The molecule has 2 fully saturated rings. The zero-order valence-corrected chi connectivity index (χ0v) is 20.0. The minimum absolute atomic E-state index is 0.0256. The van der Waals surface area contributed by atoms with E-state index in [1.165, 1.54) is 19.2 Å². The zero-order valence-electron chi connectivity index (χ0n) is 18.4. The van der Waals surface area contributed by atoms with E-state index >= 15 is 0 Å². The first-order valence-electron chi connectivity index (χ1n) is 10.5. The number of ether oxygens (including phenoxy) is 1. The summed E-state index contributed by atoms with van der Waals surface area (Å²) in [6, 6.07) is 6.25. The number of carbonyl (C=O) groups excluding carboxylic acids is 1. The number of hydrogen-bond donors (Lipinski definition) is 2. The van der Waals surface area contributed by atoms with Gasteiger partial charge in [0, 0.05) is 19.2 Å². The van der Waals surface area contributed by atoms with Gasteiger partial charge < -0.3 is 15.6 Å². The van der Waals surface area contributed by atoms with Crippen LogP contribution in [-0.2, 0) is 24.2 Å². The molecule has 1 aromatic heterocycles. The maximum absolute atomic E-state index is 13.6. The molecule has 2 unspecified atom stereocenters. The molecule has 1 amide bonds. The van der Waals surface area contributed by atoms with Crippen molar-refractivity contribution >= 4 is 33.3 Å². The molecule has 0 aliphatic heterocycles. The highest BCUT2D eigenvalue weighted by atomic mass is 35.5. The molecule has 0 saturated heterocycles. The largest absolute Gasteiger partial charge is 0.481 e. The van der Waals surface area contributed by atoms with Crippen molar-refractivity contribution in [3.63, 3.8) is 0 Å². The van der Waals surface area contributed by atoms with Crippen LogP contribution in [0.3, 0.4) is 0 Å².